The average molecular weight is 283 g/mol. The second-order valence-electron chi connectivity index (χ2n) is 5.26. The van der Waals surface area contributed by atoms with Crippen LogP contribution in [0.5, 0.6) is 0 Å². The zero-order valence-corrected chi connectivity index (χ0v) is 11.0. The summed E-state index contributed by atoms with van der Waals surface area (Å²) >= 11 is 0. The summed E-state index contributed by atoms with van der Waals surface area (Å²) in [5.41, 5.74) is 0. The van der Waals surface area contributed by atoms with Crippen LogP contribution >= 0.6 is 0 Å². The van der Waals surface area contributed by atoms with Crippen molar-refractivity contribution in [2.24, 2.45) is 11.8 Å². The zero-order chi connectivity index (χ0) is 8.48. The fourth-order valence-corrected chi connectivity index (χ4v) is 2.27. The van der Waals surface area contributed by atoms with Crippen molar-refractivity contribution in [3.63, 3.8) is 0 Å². The third-order valence-electron chi connectivity index (χ3n) is 2.61. The molecule has 1 rings (SSSR count). The lowest BCUT2D eigenvalue weighted by Crippen LogP contribution is -3.00. The minimum Gasteiger partial charge on any atom is -1.00 e. The Bertz CT molecular complexity index is 128. The summed E-state index contributed by atoms with van der Waals surface area (Å²) in [6.07, 6.45) is 4.40. The van der Waals surface area contributed by atoms with Crippen LogP contribution in [-0.2, 0) is 0 Å². The monoisotopic (exact) mass is 283 g/mol. The van der Waals surface area contributed by atoms with Gasteiger partial charge in [-0.05, 0) is 18.8 Å². The largest absolute Gasteiger partial charge is 1.00 e. The molecule has 1 fully saturated rings. The van der Waals surface area contributed by atoms with Gasteiger partial charge in [-0.25, -0.2) is 0 Å². The minimum atomic E-state index is 0. The van der Waals surface area contributed by atoms with Crippen molar-refractivity contribution in [1.29, 1.82) is 0 Å². The van der Waals surface area contributed by atoms with Gasteiger partial charge in [0.15, 0.2) is 0 Å². The molecule has 0 aromatic rings. The molecule has 1 aliphatic rings. The Labute approximate surface area is 94.1 Å². The smallest absolute Gasteiger partial charge is 0.0809 e. The summed E-state index contributed by atoms with van der Waals surface area (Å²) in [7, 11) is 6.88. The van der Waals surface area contributed by atoms with Gasteiger partial charge in [0.2, 0.25) is 0 Å². The van der Waals surface area contributed by atoms with E-state index in [0.29, 0.717) is 0 Å². The number of rotatable bonds is 2. The molecule has 1 saturated carbocycles. The predicted octanol–water partition coefficient (Wildman–Crippen LogP) is -0.867. The minimum absolute atomic E-state index is 0. The Balaban J connectivity index is 0.00000121. The molecular weight excluding hydrogens is 261 g/mol. The maximum absolute atomic E-state index is 2.38. The lowest BCUT2D eigenvalue weighted by Gasteiger charge is -2.27. The van der Waals surface area contributed by atoms with Crippen LogP contribution < -0.4 is 24.0 Å². The molecule has 0 N–H and O–H groups in total. The van der Waals surface area contributed by atoms with Gasteiger partial charge < -0.3 is 28.5 Å². The van der Waals surface area contributed by atoms with E-state index in [9.17, 15) is 0 Å². The summed E-state index contributed by atoms with van der Waals surface area (Å²) in [6, 6.07) is 0. The average Bonchev–Trinajstić information content (AvgIpc) is 2.10. The normalized spacial score (nSPS) is 30.0. The highest BCUT2D eigenvalue weighted by atomic mass is 127. The molecule has 0 bridgehead atoms. The van der Waals surface area contributed by atoms with Crippen molar-refractivity contribution >= 4 is 0 Å². The third kappa shape index (κ3) is 4.65. The first-order valence-corrected chi connectivity index (χ1v) is 4.78. The second kappa shape index (κ2) is 4.80. The summed E-state index contributed by atoms with van der Waals surface area (Å²) < 4.78 is 1.14. The molecule has 0 aliphatic heterocycles. The van der Waals surface area contributed by atoms with Crippen LogP contribution in [0, 0.1) is 11.8 Å². The zero-order valence-electron chi connectivity index (χ0n) is 8.81. The van der Waals surface area contributed by atoms with E-state index >= 15 is 0 Å². The molecule has 1 aliphatic carbocycles. The highest BCUT2D eigenvalue weighted by Gasteiger charge is 2.25. The lowest BCUT2D eigenvalue weighted by atomic mass is 10.1. The molecule has 0 aromatic carbocycles. The molecule has 74 valence electrons. The number of nitrogens with zero attached hydrogens (tertiary/aromatic N) is 1. The Morgan fingerprint density at radius 1 is 1.17 bits per heavy atom. The van der Waals surface area contributed by atoms with E-state index in [0.717, 1.165) is 16.3 Å². The molecule has 0 heterocycles. The van der Waals surface area contributed by atoms with Crippen LogP contribution in [0.2, 0.25) is 0 Å². The first-order chi connectivity index (χ1) is 4.97. The van der Waals surface area contributed by atoms with Crippen LogP contribution in [0.3, 0.4) is 0 Å². The Morgan fingerprint density at radius 2 is 1.75 bits per heavy atom. The summed E-state index contributed by atoms with van der Waals surface area (Å²) in [5, 5.41) is 0. The van der Waals surface area contributed by atoms with Gasteiger partial charge in [0, 0.05) is 5.92 Å². The van der Waals surface area contributed by atoms with Gasteiger partial charge in [0.05, 0.1) is 27.7 Å². The number of quaternary nitrogens is 1. The van der Waals surface area contributed by atoms with E-state index in [4.69, 9.17) is 0 Å². The topological polar surface area (TPSA) is 0 Å². The van der Waals surface area contributed by atoms with Gasteiger partial charge in [0.1, 0.15) is 0 Å². The van der Waals surface area contributed by atoms with Crippen molar-refractivity contribution in [1.82, 2.24) is 0 Å². The van der Waals surface area contributed by atoms with E-state index in [1.54, 1.807) is 0 Å². The Morgan fingerprint density at radius 3 is 2.08 bits per heavy atom. The van der Waals surface area contributed by atoms with Gasteiger partial charge in [0.25, 0.3) is 0 Å². The highest BCUT2D eigenvalue weighted by Crippen LogP contribution is 2.31. The van der Waals surface area contributed by atoms with Gasteiger partial charge in [-0.1, -0.05) is 13.3 Å². The van der Waals surface area contributed by atoms with Gasteiger partial charge in [-0.2, -0.15) is 0 Å². The molecule has 1 nitrogen and oxygen atoms in total. The SMILES string of the molecule is C[C@H]1CC[C@@H](C[N+](C)(C)C)C1.[I-]. The fraction of sp³-hybridized carbons (Fsp3) is 1.00. The Kier molecular flexibility index (Phi) is 5.07. The molecular formula is C10H22IN. The molecule has 0 saturated heterocycles. The molecule has 0 radical (unpaired) electrons. The quantitative estimate of drug-likeness (QED) is 0.457. The molecule has 2 heteroatoms. The number of halogens is 1. The number of hydrogen-bond acceptors (Lipinski definition) is 0. The third-order valence-corrected chi connectivity index (χ3v) is 2.61. The number of hydrogen-bond donors (Lipinski definition) is 0. The fourth-order valence-electron chi connectivity index (χ4n) is 2.27. The summed E-state index contributed by atoms with van der Waals surface area (Å²) in [4.78, 5) is 0. The maximum Gasteiger partial charge on any atom is 0.0809 e. The van der Waals surface area contributed by atoms with Crippen molar-refractivity contribution in [2.75, 3.05) is 27.7 Å². The summed E-state index contributed by atoms with van der Waals surface area (Å²) in [5.74, 6) is 2.00. The highest BCUT2D eigenvalue weighted by molar-refractivity contribution is 4.71. The van der Waals surface area contributed by atoms with E-state index in [1.165, 1.54) is 25.8 Å². The molecule has 0 spiro atoms. The van der Waals surface area contributed by atoms with E-state index in [-0.39, 0.29) is 24.0 Å². The van der Waals surface area contributed by atoms with Crippen LogP contribution in [0.1, 0.15) is 26.2 Å². The second-order valence-corrected chi connectivity index (χ2v) is 5.26. The van der Waals surface area contributed by atoms with Gasteiger partial charge in [-0.3, -0.25) is 0 Å². The van der Waals surface area contributed by atoms with Gasteiger partial charge >= 0.3 is 0 Å². The molecule has 0 unspecified atom stereocenters. The Hall–Kier alpha value is 0.690. The van der Waals surface area contributed by atoms with Gasteiger partial charge in [-0.15, -0.1) is 0 Å². The van der Waals surface area contributed by atoms with E-state index in [2.05, 4.69) is 28.1 Å². The summed E-state index contributed by atoms with van der Waals surface area (Å²) in [6.45, 7) is 3.75. The van der Waals surface area contributed by atoms with E-state index in [1.807, 2.05) is 0 Å². The van der Waals surface area contributed by atoms with Crippen molar-refractivity contribution in [2.45, 2.75) is 26.2 Å². The molecule has 2 atom stereocenters. The van der Waals surface area contributed by atoms with Crippen molar-refractivity contribution in [3.8, 4) is 0 Å². The lowest BCUT2D eigenvalue weighted by molar-refractivity contribution is -0.873. The maximum atomic E-state index is 2.38. The van der Waals surface area contributed by atoms with Crippen LogP contribution in [-0.4, -0.2) is 32.2 Å². The molecule has 12 heavy (non-hydrogen) atoms. The van der Waals surface area contributed by atoms with E-state index < -0.39 is 0 Å². The first-order valence-electron chi connectivity index (χ1n) is 4.78. The van der Waals surface area contributed by atoms with Crippen molar-refractivity contribution < 1.29 is 28.5 Å². The van der Waals surface area contributed by atoms with Crippen LogP contribution in [0.4, 0.5) is 0 Å². The molecule has 0 aromatic heterocycles. The van der Waals surface area contributed by atoms with Crippen molar-refractivity contribution in [3.05, 3.63) is 0 Å². The first kappa shape index (κ1) is 12.7. The van der Waals surface area contributed by atoms with Crippen LogP contribution in [0.25, 0.3) is 0 Å². The predicted molar refractivity (Wildman–Crippen MR) is 49.4 cm³/mol. The molecule has 0 amide bonds. The van der Waals surface area contributed by atoms with Crippen LogP contribution in [0.15, 0.2) is 0 Å². The standard InChI is InChI=1S/C10H22N.HI/c1-9-5-6-10(7-9)8-11(2,3)4;/h9-10H,5-8H2,1-4H3;1H/q+1;/p-1/t9-,10+;/m0./s1.